The molecule has 0 aromatic carbocycles. The Labute approximate surface area is 110 Å². The van der Waals surface area contributed by atoms with Crippen LogP contribution in [0.5, 0.6) is 0 Å². The topological polar surface area (TPSA) is 0 Å². The molecule has 0 heteroatoms. The van der Waals surface area contributed by atoms with Crippen molar-refractivity contribution >= 4 is 0 Å². The summed E-state index contributed by atoms with van der Waals surface area (Å²) in [6, 6.07) is 0. The van der Waals surface area contributed by atoms with Gasteiger partial charge in [-0.25, -0.2) is 0 Å². The summed E-state index contributed by atoms with van der Waals surface area (Å²) >= 11 is 0. The first-order chi connectivity index (χ1) is 7.91. The van der Waals surface area contributed by atoms with Crippen molar-refractivity contribution in [3.63, 3.8) is 0 Å². The molecule has 0 atom stereocenters. The molecule has 0 aliphatic carbocycles. The quantitative estimate of drug-likeness (QED) is 0.408. The van der Waals surface area contributed by atoms with Gasteiger partial charge in [-0.1, -0.05) is 95.9 Å². The third-order valence-electron chi connectivity index (χ3n) is 0.500. The van der Waals surface area contributed by atoms with Crippen molar-refractivity contribution in [3.8, 4) is 0 Å². The van der Waals surface area contributed by atoms with Crippen molar-refractivity contribution < 1.29 is 0 Å². The van der Waals surface area contributed by atoms with E-state index in [9.17, 15) is 0 Å². The Hall–Kier alpha value is -0.260. The number of hydrogen-bond donors (Lipinski definition) is 0. The van der Waals surface area contributed by atoms with Gasteiger partial charge in [0.15, 0.2) is 0 Å². The van der Waals surface area contributed by atoms with Crippen molar-refractivity contribution in [1.29, 1.82) is 0 Å². The normalized spacial score (nSPS) is 4.00. The van der Waals surface area contributed by atoms with Crippen molar-refractivity contribution in [2.24, 2.45) is 0 Å². The smallest absolute Gasteiger partial charge is 0.0564 e. The van der Waals surface area contributed by atoms with Gasteiger partial charge in [-0.15, -0.1) is 13.2 Å². The molecule has 0 saturated heterocycles. The molecule has 0 aromatic heterocycles. The molecule has 0 amide bonds. The first-order valence-corrected chi connectivity index (χ1v) is 7.41. The van der Waals surface area contributed by atoms with Gasteiger partial charge in [0.25, 0.3) is 0 Å². The average molecular weight is 237 g/mol. The zero-order valence-corrected chi connectivity index (χ0v) is 14.8. The molecule has 0 heterocycles. The zero-order chi connectivity index (χ0) is 15.4. The molecule has 108 valence electrons. The standard InChI is InChI=1S/C4H10.5C2H6.C2H4/c1-3-4-2;6*1-2/h3-4H2,1-2H3;5*1-2H3;1-2H2. The Morgan fingerprint density at radius 2 is 0.500 bits per heavy atom. The van der Waals surface area contributed by atoms with Crippen molar-refractivity contribution in [3.05, 3.63) is 13.2 Å². The number of unbranched alkanes of at least 4 members (excludes halogenated alkanes) is 1. The first kappa shape index (κ1) is 44.8. The van der Waals surface area contributed by atoms with Gasteiger partial charge in [0.05, 0.1) is 0 Å². The van der Waals surface area contributed by atoms with Gasteiger partial charge in [-0.05, 0) is 0 Å². The zero-order valence-electron chi connectivity index (χ0n) is 14.8. The molecular weight excluding hydrogens is 192 g/mol. The molecule has 0 nitrogen and oxygen atoms in total. The summed E-state index contributed by atoms with van der Waals surface area (Å²) in [6.07, 6.45) is 2.64. The lowest BCUT2D eigenvalue weighted by molar-refractivity contribution is 0.886. The molecule has 0 radical (unpaired) electrons. The van der Waals surface area contributed by atoms with Crippen LogP contribution in [0.4, 0.5) is 0 Å². The van der Waals surface area contributed by atoms with Crippen LogP contribution in [0.1, 0.15) is 95.9 Å². The van der Waals surface area contributed by atoms with Crippen molar-refractivity contribution in [1.82, 2.24) is 0 Å². The molecule has 0 spiro atoms. The van der Waals surface area contributed by atoms with Crippen LogP contribution in [0.3, 0.4) is 0 Å². The first-order valence-electron chi connectivity index (χ1n) is 7.41. The molecule has 0 N–H and O–H groups in total. The summed E-state index contributed by atoms with van der Waals surface area (Å²) in [5, 5.41) is 0. The van der Waals surface area contributed by atoms with E-state index in [2.05, 4.69) is 27.0 Å². The minimum absolute atomic E-state index is 1.32. The van der Waals surface area contributed by atoms with E-state index >= 15 is 0 Å². The van der Waals surface area contributed by atoms with Gasteiger partial charge in [0.1, 0.15) is 0 Å². The molecule has 0 bridgehead atoms. The monoisotopic (exact) mass is 236 g/mol. The third kappa shape index (κ3) is 4070. The van der Waals surface area contributed by atoms with Crippen LogP contribution in [-0.2, 0) is 0 Å². The predicted molar refractivity (Wildman–Crippen MR) is 88.6 cm³/mol. The highest BCUT2D eigenvalue weighted by Crippen LogP contribution is 1.76. The van der Waals surface area contributed by atoms with E-state index in [4.69, 9.17) is 0 Å². The third-order valence-corrected chi connectivity index (χ3v) is 0.500. The van der Waals surface area contributed by atoms with Gasteiger partial charge in [-0.3, -0.25) is 0 Å². The maximum atomic E-state index is 3.00. The molecule has 0 saturated carbocycles. The van der Waals surface area contributed by atoms with Gasteiger partial charge >= 0.3 is 0 Å². The average Bonchev–Trinajstić information content (AvgIpc) is 2.51. The minimum Gasteiger partial charge on any atom is -0.106 e. The molecule has 0 aliphatic rings. The SMILES string of the molecule is C=C.CC.CC.CC.CC.CC.CCCC. The summed E-state index contributed by atoms with van der Waals surface area (Å²) in [6.45, 7) is 30.4. The Kier molecular flexibility index (Phi) is 2570. The van der Waals surface area contributed by atoms with Gasteiger partial charge in [0, 0.05) is 0 Å². The molecule has 16 heavy (non-hydrogen) atoms. The fraction of sp³-hybridized carbons (Fsp3) is 0.875. The lowest BCUT2D eigenvalue weighted by atomic mass is 10.4. The fourth-order valence-electron chi connectivity index (χ4n) is 0. The van der Waals surface area contributed by atoms with E-state index in [-0.39, 0.29) is 0 Å². The largest absolute Gasteiger partial charge is 0.106 e. The number of hydrogen-bond acceptors (Lipinski definition) is 0. The molecule has 0 aliphatic heterocycles. The van der Waals surface area contributed by atoms with E-state index in [0.29, 0.717) is 0 Å². The van der Waals surface area contributed by atoms with E-state index in [1.54, 1.807) is 0 Å². The van der Waals surface area contributed by atoms with Crippen LogP contribution < -0.4 is 0 Å². The summed E-state index contributed by atoms with van der Waals surface area (Å²) in [5.41, 5.74) is 0. The summed E-state index contributed by atoms with van der Waals surface area (Å²) in [7, 11) is 0. The maximum absolute atomic E-state index is 3.00. The Morgan fingerprint density at radius 3 is 0.500 bits per heavy atom. The summed E-state index contributed by atoms with van der Waals surface area (Å²) in [4.78, 5) is 0. The lowest BCUT2D eigenvalue weighted by Crippen LogP contribution is -1.47. The Balaban J connectivity index is -0.0000000122. The number of rotatable bonds is 1. The highest BCUT2D eigenvalue weighted by Gasteiger charge is 1.56. The van der Waals surface area contributed by atoms with E-state index in [1.807, 2.05) is 69.2 Å². The lowest BCUT2D eigenvalue weighted by Gasteiger charge is -1.68. The molecule has 0 unspecified atom stereocenters. The van der Waals surface area contributed by atoms with Crippen LogP contribution >= 0.6 is 0 Å². The maximum Gasteiger partial charge on any atom is -0.0564 e. The van der Waals surface area contributed by atoms with Gasteiger partial charge < -0.3 is 0 Å². The summed E-state index contributed by atoms with van der Waals surface area (Å²) < 4.78 is 0. The Bertz CT molecular complexity index is 7.51. The highest BCUT2D eigenvalue weighted by atomic mass is 13.6. The Morgan fingerprint density at radius 1 is 0.438 bits per heavy atom. The second-order valence-electron chi connectivity index (χ2n) is 1.000. The van der Waals surface area contributed by atoms with E-state index < -0.39 is 0 Å². The summed E-state index contributed by atoms with van der Waals surface area (Å²) in [5.74, 6) is 0. The van der Waals surface area contributed by atoms with Crippen LogP contribution in [0.2, 0.25) is 0 Å². The van der Waals surface area contributed by atoms with Crippen molar-refractivity contribution in [2.45, 2.75) is 95.9 Å². The van der Waals surface area contributed by atoms with E-state index in [0.717, 1.165) is 0 Å². The predicted octanol–water partition coefficient (Wildman–Crippen LogP) is 7.74. The molecular formula is C16H44. The van der Waals surface area contributed by atoms with Gasteiger partial charge in [0.2, 0.25) is 0 Å². The van der Waals surface area contributed by atoms with Crippen molar-refractivity contribution in [2.75, 3.05) is 0 Å². The minimum atomic E-state index is 1.32. The van der Waals surface area contributed by atoms with Crippen LogP contribution in [-0.4, -0.2) is 0 Å². The van der Waals surface area contributed by atoms with Gasteiger partial charge in [-0.2, -0.15) is 0 Å². The van der Waals surface area contributed by atoms with Crippen LogP contribution in [0, 0.1) is 0 Å². The fourth-order valence-corrected chi connectivity index (χ4v) is 0. The second kappa shape index (κ2) is 919. The van der Waals surface area contributed by atoms with E-state index in [1.165, 1.54) is 12.8 Å². The second-order valence-corrected chi connectivity index (χ2v) is 1.000. The highest BCUT2D eigenvalue weighted by molar-refractivity contribution is 4.22. The molecule has 0 aromatic rings. The molecule has 0 fully saturated rings. The van der Waals surface area contributed by atoms with Crippen LogP contribution in [0.25, 0.3) is 0 Å². The van der Waals surface area contributed by atoms with Crippen LogP contribution in [0.15, 0.2) is 13.2 Å². The molecule has 0 rings (SSSR count).